The minimum Gasteiger partial charge on any atom is -0.352 e. The second-order valence-corrected chi connectivity index (χ2v) is 8.07. The van der Waals surface area contributed by atoms with Gasteiger partial charge in [0, 0.05) is 24.6 Å². The van der Waals surface area contributed by atoms with Gasteiger partial charge >= 0.3 is 0 Å². The van der Waals surface area contributed by atoms with Crippen molar-refractivity contribution in [1.29, 1.82) is 0 Å². The third-order valence-electron chi connectivity index (χ3n) is 5.85. The summed E-state index contributed by atoms with van der Waals surface area (Å²) in [7, 11) is 0. The molecule has 2 N–H and O–H groups in total. The van der Waals surface area contributed by atoms with Crippen LogP contribution in [0.3, 0.4) is 0 Å². The number of nitrogens with zero attached hydrogens (tertiary/aromatic N) is 1. The molecule has 2 aliphatic rings. The van der Waals surface area contributed by atoms with Gasteiger partial charge in [0.25, 0.3) is 5.91 Å². The van der Waals surface area contributed by atoms with Crippen molar-refractivity contribution in [3.63, 3.8) is 0 Å². The topological polar surface area (TPSA) is 61.4 Å². The minimum atomic E-state index is -0.0568. The van der Waals surface area contributed by atoms with Crippen molar-refractivity contribution in [2.75, 3.05) is 19.6 Å². The lowest BCUT2D eigenvalue weighted by atomic mass is 10.1. The molecule has 2 amide bonds. The van der Waals surface area contributed by atoms with Crippen molar-refractivity contribution in [3.8, 4) is 0 Å². The molecule has 2 aromatic rings. The SMILES string of the molecule is O=C(NCC(c1ccccc1)N1CCCC1)c1ccc(CNC(=O)C2CC2)cc1. The zero-order chi connectivity index (χ0) is 20.1. The van der Waals surface area contributed by atoms with Gasteiger partial charge in [-0.05, 0) is 62.0 Å². The largest absolute Gasteiger partial charge is 0.352 e. The summed E-state index contributed by atoms with van der Waals surface area (Å²) in [5.74, 6) is 0.299. The van der Waals surface area contributed by atoms with Crippen LogP contribution in [0, 0.1) is 5.92 Å². The molecule has 1 aliphatic carbocycles. The highest BCUT2D eigenvalue weighted by molar-refractivity contribution is 5.94. The molecular weight excluding hydrogens is 362 g/mol. The van der Waals surface area contributed by atoms with Gasteiger partial charge in [-0.3, -0.25) is 14.5 Å². The molecule has 0 radical (unpaired) electrons. The third-order valence-corrected chi connectivity index (χ3v) is 5.85. The van der Waals surface area contributed by atoms with E-state index in [9.17, 15) is 9.59 Å². The summed E-state index contributed by atoms with van der Waals surface area (Å²) in [6, 6.07) is 18.1. The van der Waals surface area contributed by atoms with Crippen LogP contribution in [-0.2, 0) is 11.3 Å². The Morgan fingerprint density at radius 3 is 2.28 bits per heavy atom. The van der Waals surface area contributed by atoms with Gasteiger partial charge in [0.1, 0.15) is 0 Å². The summed E-state index contributed by atoms with van der Waals surface area (Å²) in [4.78, 5) is 26.9. The number of nitrogens with one attached hydrogen (secondary N) is 2. The number of carbonyl (C=O) groups is 2. The van der Waals surface area contributed by atoms with E-state index in [0.29, 0.717) is 18.7 Å². The molecule has 5 nitrogen and oxygen atoms in total. The van der Waals surface area contributed by atoms with E-state index in [1.54, 1.807) is 0 Å². The van der Waals surface area contributed by atoms with Gasteiger partial charge in [0.15, 0.2) is 0 Å². The van der Waals surface area contributed by atoms with Crippen LogP contribution in [0.2, 0.25) is 0 Å². The second-order valence-electron chi connectivity index (χ2n) is 8.07. The van der Waals surface area contributed by atoms with Gasteiger partial charge in [-0.2, -0.15) is 0 Å². The molecule has 152 valence electrons. The van der Waals surface area contributed by atoms with Crippen LogP contribution in [0.4, 0.5) is 0 Å². The maximum absolute atomic E-state index is 12.7. The molecule has 1 aliphatic heterocycles. The molecule has 1 atom stereocenters. The number of benzene rings is 2. The summed E-state index contributed by atoms with van der Waals surface area (Å²) in [6.45, 7) is 3.28. The highest BCUT2D eigenvalue weighted by Crippen LogP contribution is 2.28. The Kier molecular flexibility index (Phi) is 6.25. The van der Waals surface area contributed by atoms with Gasteiger partial charge < -0.3 is 10.6 Å². The fraction of sp³-hybridized carbons (Fsp3) is 0.417. The Morgan fingerprint density at radius 1 is 0.931 bits per heavy atom. The average Bonchev–Trinajstić information content (AvgIpc) is 3.49. The highest BCUT2D eigenvalue weighted by atomic mass is 16.2. The maximum atomic E-state index is 12.7. The van der Waals surface area contributed by atoms with Crippen LogP contribution in [0.15, 0.2) is 54.6 Å². The maximum Gasteiger partial charge on any atom is 0.251 e. The van der Waals surface area contributed by atoms with Gasteiger partial charge in [0.2, 0.25) is 5.91 Å². The van der Waals surface area contributed by atoms with E-state index in [1.165, 1.54) is 18.4 Å². The predicted octanol–water partition coefficient (Wildman–Crippen LogP) is 3.28. The molecule has 1 saturated heterocycles. The number of hydrogen-bond donors (Lipinski definition) is 2. The van der Waals surface area contributed by atoms with E-state index in [1.807, 2.05) is 30.3 Å². The first kappa shape index (κ1) is 19.6. The molecule has 29 heavy (non-hydrogen) atoms. The van der Waals surface area contributed by atoms with E-state index in [2.05, 4.69) is 39.8 Å². The zero-order valence-corrected chi connectivity index (χ0v) is 16.8. The van der Waals surface area contributed by atoms with Crippen molar-refractivity contribution >= 4 is 11.8 Å². The van der Waals surface area contributed by atoms with E-state index in [4.69, 9.17) is 0 Å². The Hall–Kier alpha value is -2.66. The first-order chi connectivity index (χ1) is 14.2. The Labute approximate surface area is 172 Å². The van der Waals surface area contributed by atoms with Crippen molar-refractivity contribution in [3.05, 3.63) is 71.3 Å². The standard InChI is InChI=1S/C24H29N3O2/c28-23(21-12-13-21)25-16-18-8-10-20(11-9-18)24(29)26-17-22(27-14-4-5-15-27)19-6-2-1-3-7-19/h1-3,6-11,21-22H,4-5,12-17H2,(H,25,28)(H,26,29). The van der Waals surface area contributed by atoms with Crippen LogP contribution < -0.4 is 10.6 Å². The molecule has 2 aromatic carbocycles. The molecule has 2 fully saturated rings. The number of likely N-dealkylation sites (tertiary alicyclic amines) is 1. The van der Waals surface area contributed by atoms with Crippen LogP contribution >= 0.6 is 0 Å². The first-order valence-corrected chi connectivity index (χ1v) is 10.6. The summed E-state index contributed by atoms with van der Waals surface area (Å²) in [5.41, 5.74) is 2.90. The number of hydrogen-bond acceptors (Lipinski definition) is 3. The molecule has 1 heterocycles. The number of carbonyl (C=O) groups excluding carboxylic acids is 2. The summed E-state index contributed by atoms with van der Waals surface area (Å²) in [6.07, 6.45) is 4.45. The molecule has 0 bridgehead atoms. The van der Waals surface area contributed by atoms with Crippen molar-refractivity contribution < 1.29 is 9.59 Å². The monoisotopic (exact) mass is 391 g/mol. The Morgan fingerprint density at radius 2 is 1.62 bits per heavy atom. The predicted molar refractivity (Wildman–Crippen MR) is 113 cm³/mol. The molecular formula is C24H29N3O2. The van der Waals surface area contributed by atoms with Gasteiger partial charge in [-0.15, -0.1) is 0 Å². The van der Waals surface area contributed by atoms with E-state index in [0.717, 1.165) is 31.5 Å². The second kappa shape index (κ2) is 9.23. The van der Waals surface area contributed by atoms with Crippen molar-refractivity contribution in [2.24, 2.45) is 5.92 Å². The summed E-state index contributed by atoms with van der Waals surface area (Å²) >= 11 is 0. The van der Waals surface area contributed by atoms with Crippen molar-refractivity contribution in [2.45, 2.75) is 38.3 Å². The highest BCUT2D eigenvalue weighted by Gasteiger charge is 2.29. The lowest BCUT2D eigenvalue weighted by Crippen LogP contribution is -2.36. The third kappa shape index (κ3) is 5.24. The molecule has 5 heteroatoms. The van der Waals surface area contributed by atoms with Crippen LogP contribution in [0.5, 0.6) is 0 Å². The normalized spacial score (nSPS) is 17.7. The van der Waals surface area contributed by atoms with Gasteiger partial charge in [-0.25, -0.2) is 0 Å². The summed E-state index contributed by atoms with van der Waals surface area (Å²) < 4.78 is 0. The van der Waals surface area contributed by atoms with Gasteiger partial charge in [0.05, 0.1) is 6.04 Å². The number of rotatable bonds is 8. The molecule has 0 spiro atoms. The fourth-order valence-corrected chi connectivity index (χ4v) is 3.93. The lowest BCUT2D eigenvalue weighted by Gasteiger charge is -2.28. The van der Waals surface area contributed by atoms with Crippen LogP contribution in [-0.4, -0.2) is 36.3 Å². The molecule has 4 rings (SSSR count). The molecule has 1 unspecified atom stereocenters. The van der Waals surface area contributed by atoms with E-state index in [-0.39, 0.29) is 23.8 Å². The van der Waals surface area contributed by atoms with Crippen LogP contribution in [0.1, 0.15) is 53.2 Å². The van der Waals surface area contributed by atoms with E-state index >= 15 is 0 Å². The first-order valence-electron chi connectivity index (χ1n) is 10.6. The summed E-state index contributed by atoms with van der Waals surface area (Å²) in [5, 5.41) is 6.07. The smallest absolute Gasteiger partial charge is 0.251 e. The Bertz CT molecular complexity index is 825. The van der Waals surface area contributed by atoms with E-state index < -0.39 is 0 Å². The zero-order valence-electron chi connectivity index (χ0n) is 16.8. The van der Waals surface area contributed by atoms with Gasteiger partial charge in [-0.1, -0.05) is 42.5 Å². The quantitative estimate of drug-likeness (QED) is 0.726. The molecule has 0 aromatic heterocycles. The lowest BCUT2D eigenvalue weighted by molar-refractivity contribution is -0.122. The fourth-order valence-electron chi connectivity index (χ4n) is 3.93. The van der Waals surface area contributed by atoms with Crippen LogP contribution in [0.25, 0.3) is 0 Å². The molecule has 1 saturated carbocycles. The average molecular weight is 392 g/mol. The minimum absolute atomic E-state index is 0.0568. The van der Waals surface area contributed by atoms with Crippen molar-refractivity contribution in [1.82, 2.24) is 15.5 Å². The number of amides is 2. The Balaban J connectivity index is 1.33.